The second-order valence-electron chi connectivity index (χ2n) is 6.68. The lowest BCUT2D eigenvalue weighted by Gasteiger charge is -2.43. The van der Waals surface area contributed by atoms with Crippen LogP contribution in [0.15, 0.2) is 36.4 Å². The summed E-state index contributed by atoms with van der Waals surface area (Å²) in [4.78, 5) is 11.6. The molecule has 6 heteroatoms. The van der Waals surface area contributed by atoms with Gasteiger partial charge in [0.2, 0.25) is 0 Å². The summed E-state index contributed by atoms with van der Waals surface area (Å²) in [7, 11) is 1.28. The Morgan fingerprint density at radius 3 is 2.88 bits per heavy atom. The number of carbonyl (C=O) groups is 1. The SMILES string of the molecule is COC(=O)c1ccc([C@H]2Nc3ccc(Cl)cc3[C@@H]3OCCC[C@H]23)c(F)c1. The van der Waals surface area contributed by atoms with Crippen molar-refractivity contribution in [3.63, 3.8) is 0 Å². The maximum Gasteiger partial charge on any atom is 0.337 e. The predicted octanol–water partition coefficient (Wildman–Crippen LogP) is 4.90. The second-order valence-corrected chi connectivity index (χ2v) is 7.12. The zero-order chi connectivity index (χ0) is 18.3. The van der Waals surface area contributed by atoms with Crippen molar-refractivity contribution in [3.05, 3.63) is 63.9 Å². The van der Waals surface area contributed by atoms with Gasteiger partial charge in [-0.15, -0.1) is 0 Å². The molecule has 136 valence electrons. The number of hydrogen-bond acceptors (Lipinski definition) is 4. The number of fused-ring (bicyclic) bond motifs is 3. The molecule has 3 atom stereocenters. The molecule has 0 saturated carbocycles. The van der Waals surface area contributed by atoms with E-state index in [0.29, 0.717) is 17.2 Å². The Kier molecular flexibility index (Phi) is 4.59. The fourth-order valence-electron chi connectivity index (χ4n) is 3.97. The molecular weight excluding hydrogens is 357 g/mol. The second kappa shape index (κ2) is 6.89. The van der Waals surface area contributed by atoms with Gasteiger partial charge < -0.3 is 14.8 Å². The lowest BCUT2D eigenvalue weighted by Crippen LogP contribution is -2.36. The zero-order valence-electron chi connectivity index (χ0n) is 14.3. The van der Waals surface area contributed by atoms with Crippen LogP contribution in [0.5, 0.6) is 0 Å². The summed E-state index contributed by atoms with van der Waals surface area (Å²) in [6.07, 6.45) is 1.73. The van der Waals surface area contributed by atoms with Crippen LogP contribution in [0.4, 0.5) is 10.1 Å². The number of esters is 1. The van der Waals surface area contributed by atoms with E-state index < -0.39 is 11.8 Å². The first-order valence-electron chi connectivity index (χ1n) is 8.64. The molecule has 0 amide bonds. The molecule has 2 aromatic rings. The molecule has 2 heterocycles. The lowest BCUT2D eigenvalue weighted by atomic mass is 9.77. The van der Waals surface area contributed by atoms with E-state index in [1.54, 1.807) is 12.1 Å². The molecule has 0 aliphatic carbocycles. The van der Waals surface area contributed by atoms with Crippen molar-refractivity contribution in [2.45, 2.75) is 25.0 Å². The molecular formula is C20H19ClFNO3. The van der Waals surface area contributed by atoms with Crippen LogP contribution in [-0.2, 0) is 9.47 Å². The highest BCUT2D eigenvalue weighted by molar-refractivity contribution is 6.30. The minimum atomic E-state index is -0.550. The van der Waals surface area contributed by atoms with E-state index in [4.69, 9.17) is 16.3 Å². The van der Waals surface area contributed by atoms with Crippen LogP contribution < -0.4 is 5.32 Å². The number of hydrogen-bond donors (Lipinski definition) is 1. The summed E-state index contributed by atoms with van der Waals surface area (Å²) in [6, 6.07) is 9.89. The fraction of sp³-hybridized carbons (Fsp3) is 0.350. The van der Waals surface area contributed by atoms with Gasteiger partial charge in [0.25, 0.3) is 0 Å². The minimum Gasteiger partial charge on any atom is -0.465 e. The Morgan fingerprint density at radius 2 is 2.12 bits per heavy atom. The Labute approximate surface area is 156 Å². The Morgan fingerprint density at radius 1 is 1.27 bits per heavy atom. The van der Waals surface area contributed by atoms with Crippen molar-refractivity contribution in [2.24, 2.45) is 5.92 Å². The van der Waals surface area contributed by atoms with Gasteiger partial charge in [0, 0.05) is 34.4 Å². The van der Waals surface area contributed by atoms with Gasteiger partial charge in [0.1, 0.15) is 5.82 Å². The quantitative estimate of drug-likeness (QED) is 0.758. The van der Waals surface area contributed by atoms with Crippen LogP contribution in [0.25, 0.3) is 0 Å². The molecule has 0 unspecified atom stereocenters. The number of carbonyl (C=O) groups excluding carboxylic acids is 1. The first-order valence-corrected chi connectivity index (χ1v) is 9.01. The number of methoxy groups -OCH3 is 1. The molecule has 2 aliphatic heterocycles. The smallest absolute Gasteiger partial charge is 0.337 e. The molecule has 0 radical (unpaired) electrons. The van der Waals surface area contributed by atoms with Crippen LogP contribution in [0, 0.1) is 11.7 Å². The van der Waals surface area contributed by atoms with Crippen molar-refractivity contribution in [2.75, 3.05) is 19.0 Å². The molecule has 26 heavy (non-hydrogen) atoms. The van der Waals surface area contributed by atoms with Gasteiger partial charge in [-0.1, -0.05) is 17.7 Å². The number of rotatable bonds is 2. The summed E-state index contributed by atoms with van der Waals surface area (Å²) in [5.41, 5.74) is 2.65. The minimum absolute atomic E-state index is 0.0909. The number of anilines is 1. The van der Waals surface area contributed by atoms with E-state index in [9.17, 15) is 9.18 Å². The molecule has 4 rings (SSSR count). The van der Waals surface area contributed by atoms with Crippen LogP contribution in [0.3, 0.4) is 0 Å². The van der Waals surface area contributed by atoms with E-state index in [2.05, 4.69) is 10.1 Å². The number of benzene rings is 2. The van der Waals surface area contributed by atoms with Crippen molar-refractivity contribution in [1.82, 2.24) is 0 Å². The Bertz CT molecular complexity index is 857. The highest BCUT2D eigenvalue weighted by Crippen LogP contribution is 2.49. The maximum atomic E-state index is 14.8. The third kappa shape index (κ3) is 2.95. The summed E-state index contributed by atoms with van der Waals surface area (Å²) < 4.78 is 25.5. The maximum absolute atomic E-state index is 14.8. The summed E-state index contributed by atoms with van der Waals surface area (Å²) in [5, 5.41) is 4.11. The van der Waals surface area contributed by atoms with Crippen LogP contribution in [0.2, 0.25) is 5.02 Å². The van der Waals surface area contributed by atoms with E-state index in [-0.39, 0.29) is 23.6 Å². The first kappa shape index (κ1) is 17.3. The van der Waals surface area contributed by atoms with E-state index in [1.807, 2.05) is 18.2 Å². The molecule has 1 N–H and O–H groups in total. The van der Waals surface area contributed by atoms with E-state index in [0.717, 1.165) is 24.1 Å². The molecule has 2 aliphatic rings. The molecule has 2 aromatic carbocycles. The molecule has 4 nitrogen and oxygen atoms in total. The van der Waals surface area contributed by atoms with Crippen molar-refractivity contribution >= 4 is 23.3 Å². The van der Waals surface area contributed by atoms with Gasteiger partial charge in [-0.3, -0.25) is 0 Å². The molecule has 0 spiro atoms. The summed E-state index contributed by atoms with van der Waals surface area (Å²) in [5.74, 6) is -0.883. The lowest BCUT2D eigenvalue weighted by molar-refractivity contribution is -0.0384. The topological polar surface area (TPSA) is 47.6 Å². The molecule has 1 fully saturated rings. The third-order valence-corrected chi connectivity index (χ3v) is 5.42. The van der Waals surface area contributed by atoms with Crippen LogP contribution in [0.1, 0.15) is 46.5 Å². The summed E-state index contributed by atoms with van der Waals surface area (Å²) in [6.45, 7) is 0.684. The van der Waals surface area contributed by atoms with Crippen molar-refractivity contribution in [1.29, 1.82) is 0 Å². The average Bonchev–Trinajstić information content (AvgIpc) is 2.67. The number of ether oxygens (including phenoxy) is 2. The van der Waals surface area contributed by atoms with Gasteiger partial charge in [-0.25, -0.2) is 9.18 Å². The van der Waals surface area contributed by atoms with E-state index in [1.165, 1.54) is 13.2 Å². The predicted molar refractivity (Wildman–Crippen MR) is 97.0 cm³/mol. The fourth-order valence-corrected chi connectivity index (χ4v) is 4.15. The first-order chi connectivity index (χ1) is 12.6. The number of halogens is 2. The van der Waals surface area contributed by atoms with Crippen molar-refractivity contribution in [3.8, 4) is 0 Å². The largest absolute Gasteiger partial charge is 0.465 e. The molecule has 0 bridgehead atoms. The molecule has 0 aromatic heterocycles. The monoisotopic (exact) mass is 375 g/mol. The Balaban J connectivity index is 1.74. The van der Waals surface area contributed by atoms with Gasteiger partial charge in [0.15, 0.2) is 0 Å². The van der Waals surface area contributed by atoms with Gasteiger partial charge in [0.05, 0.1) is 24.8 Å². The van der Waals surface area contributed by atoms with Crippen molar-refractivity contribution < 1.29 is 18.7 Å². The zero-order valence-corrected chi connectivity index (χ0v) is 15.1. The van der Waals surface area contributed by atoms with Gasteiger partial charge >= 0.3 is 5.97 Å². The third-order valence-electron chi connectivity index (χ3n) is 5.18. The standard InChI is InChI=1S/C20H19ClFNO3/c1-25-20(24)11-4-6-13(16(22)9-11)18-14-3-2-8-26-19(14)15-10-12(21)5-7-17(15)23-18/h4-7,9-10,14,18-19,23H,2-3,8H2,1H3/t14-,18-,19-/m1/s1. The normalized spacial score (nSPS) is 24.2. The van der Waals surface area contributed by atoms with Crippen LogP contribution in [-0.4, -0.2) is 19.7 Å². The highest BCUT2D eigenvalue weighted by Gasteiger charge is 2.40. The van der Waals surface area contributed by atoms with E-state index >= 15 is 0 Å². The average molecular weight is 376 g/mol. The van der Waals surface area contributed by atoms with Gasteiger partial charge in [-0.05, 0) is 43.2 Å². The van der Waals surface area contributed by atoms with Gasteiger partial charge in [-0.2, -0.15) is 0 Å². The Hall–Kier alpha value is -2.11. The summed E-state index contributed by atoms with van der Waals surface area (Å²) >= 11 is 6.16. The molecule has 1 saturated heterocycles. The highest BCUT2D eigenvalue weighted by atomic mass is 35.5. The van der Waals surface area contributed by atoms with Crippen LogP contribution >= 0.6 is 11.6 Å². The number of nitrogens with one attached hydrogen (secondary N) is 1.